The Bertz CT molecular complexity index is 572. The lowest BCUT2D eigenvalue weighted by Gasteiger charge is -2.18. The van der Waals surface area contributed by atoms with Crippen LogP contribution in [0.2, 0.25) is 0 Å². The van der Waals surface area contributed by atoms with Crippen LogP contribution in [0.3, 0.4) is 0 Å². The normalized spacial score (nSPS) is 15.5. The summed E-state index contributed by atoms with van der Waals surface area (Å²) in [4.78, 5) is 21.2. The Kier molecular flexibility index (Phi) is 4.40. The van der Waals surface area contributed by atoms with E-state index in [1.54, 1.807) is 0 Å². The molecule has 1 aromatic rings. The molecule has 1 unspecified atom stereocenters. The second-order valence-corrected chi connectivity index (χ2v) is 5.34. The zero-order chi connectivity index (χ0) is 15.6. The molecule has 0 aromatic heterocycles. The van der Waals surface area contributed by atoms with Crippen molar-refractivity contribution in [3.8, 4) is 0 Å². The Morgan fingerprint density at radius 3 is 2.71 bits per heavy atom. The fraction of sp³-hybridized carbons (Fsp3) is 0.500. The molecule has 1 atom stereocenters. The third kappa shape index (κ3) is 3.68. The highest BCUT2D eigenvalue weighted by molar-refractivity contribution is 5.90. The van der Waals surface area contributed by atoms with E-state index in [2.05, 4.69) is 5.32 Å². The quantitative estimate of drug-likeness (QED) is 0.594. The first-order valence-electron chi connectivity index (χ1n) is 6.90. The second kappa shape index (κ2) is 6.07. The molecule has 1 aromatic carbocycles. The van der Waals surface area contributed by atoms with Gasteiger partial charge < -0.3 is 10.4 Å². The van der Waals surface area contributed by atoms with Crippen molar-refractivity contribution in [1.82, 2.24) is 0 Å². The van der Waals surface area contributed by atoms with E-state index in [0.717, 1.165) is 37.8 Å². The largest absolute Gasteiger partial charge is 0.478 e. The zero-order valence-electron chi connectivity index (χ0n) is 11.6. The standard InChI is InChI=1S/C14H17FN2O4/c1-2-9(5-8-3-4-8)16-12-7-11(15)10(14(18)19)6-13(12)17(20)21/h6-9,16H,2-5H2,1H3,(H,18,19). The summed E-state index contributed by atoms with van der Waals surface area (Å²) in [6, 6.07) is 1.69. The molecular formula is C14H17FN2O4. The Balaban J connectivity index is 2.29. The van der Waals surface area contributed by atoms with Crippen LogP contribution in [0, 0.1) is 21.8 Å². The second-order valence-electron chi connectivity index (χ2n) is 5.34. The van der Waals surface area contributed by atoms with E-state index in [4.69, 9.17) is 5.11 Å². The molecule has 7 heteroatoms. The van der Waals surface area contributed by atoms with Crippen molar-refractivity contribution in [3.63, 3.8) is 0 Å². The number of nitrogens with zero attached hydrogens (tertiary/aromatic N) is 1. The van der Waals surface area contributed by atoms with Crippen molar-refractivity contribution in [1.29, 1.82) is 0 Å². The molecular weight excluding hydrogens is 279 g/mol. The highest BCUT2D eigenvalue weighted by Gasteiger charge is 2.27. The first-order valence-corrected chi connectivity index (χ1v) is 6.90. The summed E-state index contributed by atoms with van der Waals surface area (Å²) in [6.07, 6.45) is 3.96. The monoisotopic (exact) mass is 296 g/mol. The lowest BCUT2D eigenvalue weighted by Crippen LogP contribution is -2.20. The summed E-state index contributed by atoms with van der Waals surface area (Å²) in [7, 11) is 0. The van der Waals surface area contributed by atoms with E-state index in [1.165, 1.54) is 0 Å². The lowest BCUT2D eigenvalue weighted by atomic mass is 10.1. The van der Waals surface area contributed by atoms with Gasteiger partial charge in [0.05, 0.1) is 4.92 Å². The van der Waals surface area contributed by atoms with Crippen LogP contribution in [0.15, 0.2) is 12.1 Å². The number of carboxylic acids is 1. The van der Waals surface area contributed by atoms with E-state index in [9.17, 15) is 19.3 Å². The average molecular weight is 296 g/mol. The summed E-state index contributed by atoms with van der Waals surface area (Å²) in [5, 5.41) is 22.9. The molecule has 0 spiro atoms. The first kappa shape index (κ1) is 15.2. The van der Waals surface area contributed by atoms with Crippen molar-refractivity contribution >= 4 is 17.3 Å². The smallest absolute Gasteiger partial charge is 0.338 e. The van der Waals surface area contributed by atoms with Crippen LogP contribution in [-0.4, -0.2) is 22.0 Å². The van der Waals surface area contributed by atoms with Gasteiger partial charge in [-0.15, -0.1) is 0 Å². The summed E-state index contributed by atoms with van der Waals surface area (Å²) >= 11 is 0. The topological polar surface area (TPSA) is 92.5 Å². The number of hydrogen-bond acceptors (Lipinski definition) is 4. The number of carbonyl (C=O) groups is 1. The van der Waals surface area contributed by atoms with Crippen molar-refractivity contribution in [2.45, 2.75) is 38.6 Å². The minimum Gasteiger partial charge on any atom is -0.478 e. The summed E-state index contributed by atoms with van der Waals surface area (Å²) < 4.78 is 13.7. The highest BCUT2D eigenvalue weighted by atomic mass is 19.1. The number of nitro groups is 1. The van der Waals surface area contributed by atoms with Crippen molar-refractivity contribution in [3.05, 3.63) is 33.6 Å². The van der Waals surface area contributed by atoms with Gasteiger partial charge in [-0.05, 0) is 18.8 Å². The van der Waals surface area contributed by atoms with Gasteiger partial charge in [-0.25, -0.2) is 9.18 Å². The minimum absolute atomic E-state index is 0.0197. The molecule has 2 rings (SSSR count). The molecule has 114 valence electrons. The number of hydrogen-bond donors (Lipinski definition) is 2. The number of carboxylic acid groups (broad SMARTS) is 1. The number of nitro benzene ring substituents is 1. The molecule has 2 N–H and O–H groups in total. The maximum Gasteiger partial charge on any atom is 0.338 e. The number of halogens is 1. The Labute approximate surface area is 121 Å². The fourth-order valence-corrected chi connectivity index (χ4v) is 2.30. The maximum atomic E-state index is 13.7. The Morgan fingerprint density at radius 1 is 1.57 bits per heavy atom. The number of benzene rings is 1. The molecule has 1 aliphatic rings. The number of rotatable bonds is 7. The molecule has 0 amide bonds. The van der Waals surface area contributed by atoms with Gasteiger partial charge >= 0.3 is 5.97 Å². The number of aromatic carboxylic acids is 1. The van der Waals surface area contributed by atoms with Crippen molar-refractivity contribution < 1.29 is 19.2 Å². The van der Waals surface area contributed by atoms with Gasteiger partial charge in [-0.2, -0.15) is 0 Å². The van der Waals surface area contributed by atoms with Crippen molar-refractivity contribution in [2.24, 2.45) is 5.92 Å². The van der Waals surface area contributed by atoms with Gasteiger partial charge in [0.25, 0.3) is 5.69 Å². The van der Waals surface area contributed by atoms with Crippen molar-refractivity contribution in [2.75, 3.05) is 5.32 Å². The summed E-state index contributed by atoms with van der Waals surface area (Å²) in [5.74, 6) is -1.87. The number of anilines is 1. The zero-order valence-corrected chi connectivity index (χ0v) is 11.6. The molecule has 0 heterocycles. The molecule has 1 aliphatic carbocycles. The van der Waals surface area contributed by atoms with Crippen LogP contribution in [0.4, 0.5) is 15.8 Å². The third-order valence-electron chi connectivity index (χ3n) is 3.68. The minimum atomic E-state index is -1.52. The summed E-state index contributed by atoms with van der Waals surface area (Å²) in [5.41, 5.74) is -1.07. The molecule has 21 heavy (non-hydrogen) atoms. The maximum absolute atomic E-state index is 13.7. The van der Waals surface area contributed by atoms with Crippen LogP contribution in [-0.2, 0) is 0 Å². The van der Waals surface area contributed by atoms with E-state index >= 15 is 0 Å². The number of nitrogens with one attached hydrogen (secondary N) is 1. The van der Waals surface area contributed by atoms with Gasteiger partial charge in [0.1, 0.15) is 17.1 Å². The van der Waals surface area contributed by atoms with Crippen LogP contribution in [0.1, 0.15) is 43.0 Å². The molecule has 0 aliphatic heterocycles. The van der Waals surface area contributed by atoms with Gasteiger partial charge in [-0.3, -0.25) is 10.1 Å². The summed E-state index contributed by atoms with van der Waals surface area (Å²) in [6.45, 7) is 1.95. The van der Waals surface area contributed by atoms with Crippen LogP contribution >= 0.6 is 0 Å². The predicted molar refractivity (Wildman–Crippen MR) is 75.1 cm³/mol. The molecule has 6 nitrogen and oxygen atoms in total. The third-order valence-corrected chi connectivity index (χ3v) is 3.68. The fourth-order valence-electron chi connectivity index (χ4n) is 2.30. The lowest BCUT2D eigenvalue weighted by molar-refractivity contribution is -0.384. The van der Waals surface area contributed by atoms with E-state index in [-0.39, 0.29) is 11.7 Å². The molecule has 0 bridgehead atoms. The van der Waals surface area contributed by atoms with Gasteiger partial charge in [-0.1, -0.05) is 19.8 Å². The molecule has 1 saturated carbocycles. The SMILES string of the molecule is CCC(CC1CC1)Nc1cc(F)c(C(=O)O)cc1[N+](=O)[O-]. The van der Waals surface area contributed by atoms with Gasteiger partial charge in [0, 0.05) is 18.2 Å². The van der Waals surface area contributed by atoms with E-state index in [0.29, 0.717) is 5.92 Å². The molecule has 0 radical (unpaired) electrons. The molecule has 0 saturated heterocycles. The van der Waals surface area contributed by atoms with Crippen LogP contribution in [0.25, 0.3) is 0 Å². The van der Waals surface area contributed by atoms with Gasteiger partial charge in [0.15, 0.2) is 0 Å². The Morgan fingerprint density at radius 2 is 2.24 bits per heavy atom. The molecule has 1 fully saturated rings. The van der Waals surface area contributed by atoms with Crippen LogP contribution < -0.4 is 5.32 Å². The highest BCUT2D eigenvalue weighted by Crippen LogP contribution is 2.36. The Hall–Kier alpha value is -2.18. The predicted octanol–water partition coefficient (Wildman–Crippen LogP) is 3.42. The van der Waals surface area contributed by atoms with E-state index in [1.807, 2.05) is 6.92 Å². The van der Waals surface area contributed by atoms with E-state index < -0.39 is 28.0 Å². The average Bonchev–Trinajstić information content (AvgIpc) is 3.21. The first-order chi connectivity index (χ1) is 9.92. The van der Waals surface area contributed by atoms with Crippen LogP contribution in [0.5, 0.6) is 0 Å². The van der Waals surface area contributed by atoms with Gasteiger partial charge in [0.2, 0.25) is 0 Å².